The van der Waals surface area contributed by atoms with Crippen molar-refractivity contribution in [3.63, 3.8) is 0 Å². The van der Waals surface area contributed by atoms with Gasteiger partial charge in [-0.2, -0.15) is 0 Å². The summed E-state index contributed by atoms with van der Waals surface area (Å²) in [6.45, 7) is 3.91. The molecule has 2 heterocycles. The van der Waals surface area contributed by atoms with E-state index in [1.807, 2.05) is 6.07 Å². The highest BCUT2D eigenvalue weighted by Crippen LogP contribution is 2.35. The first kappa shape index (κ1) is 30.0. The average Bonchev–Trinajstić information content (AvgIpc) is 3.31. The maximum Gasteiger partial charge on any atom is 0.119 e. The quantitative estimate of drug-likeness (QED) is 0.176. The number of aromatic nitrogens is 2. The van der Waals surface area contributed by atoms with Crippen LogP contribution in [0.2, 0.25) is 0 Å². The Hall–Kier alpha value is -2.51. The number of rotatable bonds is 11. The van der Waals surface area contributed by atoms with Crippen molar-refractivity contribution in [3.05, 3.63) is 65.5 Å². The van der Waals surface area contributed by atoms with Crippen molar-refractivity contribution >= 4 is 52.3 Å². The van der Waals surface area contributed by atoms with Crippen LogP contribution in [0.3, 0.4) is 0 Å². The Balaban J connectivity index is 0.00000200. The molecule has 0 radical (unpaired) electrons. The minimum atomic E-state index is 0. The first-order chi connectivity index (χ1) is 17.7. The molecule has 5 N–H and O–H groups in total. The molecule has 0 bridgehead atoms. The lowest BCUT2D eigenvalue weighted by Gasteiger charge is -2.27. The second-order valence-electron chi connectivity index (χ2n) is 10.1. The highest BCUT2D eigenvalue weighted by molar-refractivity contribution is 5.94. The molecule has 0 saturated heterocycles. The molecule has 38 heavy (non-hydrogen) atoms. The number of hydrogen-bond acceptors (Lipinski definition) is 5. The number of benzene rings is 2. The molecule has 1 aliphatic rings. The third-order valence-corrected chi connectivity index (χ3v) is 7.41. The summed E-state index contributed by atoms with van der Waals surface area (Å²) in [5.41, 5.74) is 13.9. The fourth-order valence-electron chi connectivity index (χ4n) is 5.57. The molecular formula is C30H41Cl2N5O. The lowest BCUT2D eigenvalue weighted by Crippen LogP contribution is -2.41. The maximum absolute atomic E-state index is 6.55. The summed E-state index contributed by atoms with van der Waals surface area (Å²) in [5, 5.41) is 10.0. The number of nitrogens with two attached hydrogens (primary N) is 1. The molecular weight excluding hydrogens is 517 g/mol. The van der Waals surface area contributed by atoms with Crippen LogP contribution >= 0.6 is 24.8 Å². The van der Waals surface area contributed by atoms with Gasteiger partial charge in [0, 0.05) is 59.0 Å². The van der Waals surface area contributed by atoms with Gasteiger partial charge in [-0.1, -0.05) is 31.5 Å². The predicted octanol–water partition coefficient (Wildman–Crippen LogP) is 6.19. The van der Waals surface area contributed by atoms with Crippen molar-refractivity contribution in [3.8, 4) is 5.75 Å². The monoisotopic (exact) mass is 557 g/mol. The summed E-state index contributed by atoms with van der Waals surface area (Å²) in [7, 11) is 1.73. The molecule has 0 saturated carbocycles. The molecule has 206 valence electrons. The lowest BCUT2D eigenvalue weighted by atomic mass is 9.92. The minimum absolute atomic E-state index is 0. The Morgan fingerprint density at radius 3 is 2.68 bits per heavy atom. The molecule has 2 aromatic carbocycles. The summed E-state index contributed by atoms with van der Waals surface area (Å²) in [6, 6.07) is 15.0. The van der Waals surface area contributed by atoms with Crippen LogP contribution in [0, 0.1) is 0 Å². The number of fused-ring (bicyclic) bond motifs is 3. The van der Waals surface area contributed by atoms with Gasteiger partial charge in [0.15, 0.2) is 0 Å². The van der Waals surface area contributed by atoms with Crippen LogP contribution in [-0.4, -0.2) is 42.3 Å². The zero-order valence-electron chi connectivity index (χ0n) is 22.4. The number of para-hydroxylation sites is 1. The van der Waals surface area contributed by atoms with Gasteiger partial charge >= 0.3 is 0 Å². The standard InChI is InChI=1S/C30H39N5O.2ClH/c1-3-8-22(19-32-18-21(31)15-20-17-33-27-11-6-4-9-24(20)27)34-30-25-10-5-7-12-28(25)35-29-14-13-23(36-2)16-26(29)30;;/h4,6,9,11,13-14,16-17,21-22,32-33H,3,5,7-8,10,12,15,18-19,31H2,1-2H3,(H,34,35);2*1H. The third kappa shape index (κ3) is 6.73. The Kier molecular flexibility index (Phi) is 11.1. The molecule has 4 aromatic rings. The van der Waals surface area contributed by atoms with E-state index in [4.69, 9.17) is 15.5 Å². The van der Waals surface area contributed by atoms with Gasteiger partial charge in [-0.25, -0.2) is 0 Å². The van der Waals surface area contributed by atoms with E-state index in [1.54, 1.807) is 7.11 Å². The fourth-order valence-corrected chi connectivity index (χ4v) is 5.57. The first-order valence-corrected chi connectivity index (χ1v) is 13.4. The number of aryl methyl sites for hydroxylation is 1. The molecule has 0 fully saturated rings. The van der Waals surface area contributed by atoms with Crippen molar-refractivity contribution in [2.75, 3.05) is 25.5 Å². The van der Waals surface area contributed by atoms with Gasteiger partial charge in [0.2, 0.25) is 0 Å². The summed E-state index contributed by atoms with van der Waals surface area (Å²) in [6.07, 6.45) is 9.74. The lowest BCUT2D eigenvalue weighted by molar-refractivity contribution is 0.415. The van der Waals surface area contributed by atoms with Crippen LogP contribution in [0.4, 0.5) is 5.69 Å². The smallest absolute Gasteiger partial charge is 0.119 e. The molecule has 2 unspecified atom stereocenters. The first-order valence-electron chi connectivity index (χ1n) is 13.4. The van der Waals surface area contributed by atoms with E-state index >= 15 is 0 Å². The zero-order chi connectivity index (χ0) is 24.9. The van der Waals surface area contributed by atoms with Crippen LogP contribution < -0.4 is 21.1 Å². The van der Waals surface area contributed by atoms with Gasteiger partial charge in [0.25, 0.3) is 0 Å². The predicted molar refractivity (Wildman–Crippen MR) is 165 cm³/mol. The number of pyridine rings is 1. The Bertz CT molecular complexity index is 1320. The van der Waals surface area contributed by atoms with Gasteiger partial charge in [-0.05, 0) is 73.9 Å². The molecule has 8 heteroatoms. The molecule has 0 amide bonds. The Morgan fingerprint density at radius 2 is 1.87 bits per heavy atom. The molecule has 2 aromatic heterocycles. The molecule has 1 aliphatic carbocycles. The molecule has 0 spiro atoms. The highest BCUT2D eigenvalue weighted by atomic mass is 35.5. The Labute approximate surface area is 238 Å². The van der Waals surface area contributed by atoms with E-state index < -0.39 is 0 Å². The number of nitrogens with one attached hydrogen (secondary N) is 3. The van der Waals surface area contributed by atoms with Crippen molar-refractivity contribution in [2.45, 2.75) is 64.0 Å². The van der Waals surface area contributed by atoms with E-state index in [0.717, 1.165) is 61.8 Å². The van der Waals surface area contributed by atoms with E-state index in [-0.39, 0.29) is 30.9 Å². The highest BCUT2D eigenvalue weighted by Gasteiger charge is 2.21. The maximum atomic E-state index is 6.55. The molecule has 5 rings (SSSR count). The largest absolute Gasteiger partial charge is 0.497 e. The molecule has 2 atom stereocenters. The number of ether oxygens (including phenoxy) is 1. The number of anilines is 1. The van der Waals surface area contributed by atoms with Crippen molar-refractivity contribution < 1.29 is 4.74 Å². The third-order valence-electron chi connectivity index (χ3n) is 7.41. The summed E-state index contributed by atoms with van der Waals surface area (Å²) >= 11 is 0. The average molecular weight is 559 g/mol. The Morgan fingerprint density at radius 1 is 1.05 bits per heavy atom. The summed E-state index contributed by atoms with van der Waals surface area (Å²) in [5.74, 6) is 0.872. The molecule has 0 aliphatic heterocycles. The number of nitrogens with zero attached hydrogens (tertiary/aromatic N) is 1. The van der Waals surface area contributed by atoms with Crippen molar-refractivity contribution in [1.29, 1.82) is 0 Å². The van der Waals surface area contributed by atoms with Crippen LogP contribution in [-0.2, 0) is 19.3 Å². The number of hydrogen-bond donors (Lipinski definition) is 4. The van der Waals surface area contributed by atoms with E-state index in [1.165, 1.54) is 46.3 Å². The van der Waals surface area contributed by atoms with Crippen LogP contribution in [0.1, 0.15) is 49.4 Å². The van der Waals surface area contributed by atoms with E-state index in [0.29, 0.717) is 6.04 Å². The van der Waals surface area contributed by atoms with Crippen LogP contribution in [0.15, 0.2) is 48.7 Å². The topological polar surface area (TPSA) is 88.0 Å². The van der Waals surface area contributed by atoms with Crippen molar-refractivity contribution in [2.24, 2.45) is 5.73 Å². The van der Waals surface area contributed by atoms with Gasteiger partial charge in [-0.15, -0.1) is 24.8 Å². The van der Waals surface area contributed by atoms with Gasteiger partial charge in [0.1, 0.15) is 5.75 Å². The minimum Gasteiger partial charge on any atom is -0.497 e. The number of aromatic amines is 1. The van der Waals surface area contributed by atoms with Gasteiger partial charge in [0.05, 0.1) is 12.6 Å². The van der Waals surface area contributed by atoms with Gasteiger partial charge < -0.3 is 26.1 Å². The second-order valence-corrected chi connectivity index (χ2v) is 10.1. The SMILES string of the molecule is CCCC(CNCC(N)Cc1c[nH]c2ccccc12)Nc1c2c(nc3ccc(OC)cc13)CCCC2.Cl.Cl. The fraction of sp³-hybridized carbons (Fsp3) is 0.433. The number of halogens is 2. The second kappa shape index (κ2) is 14.0. The summed E-state index contributed by atoms with van der Waals surface area (Å²) < 4.78 is 5.55. The van der Waals surface area contributed by atoms with E-state index in [9.17, 15) is 0 Å². The number of H-pyrrole nitrogens is 1. The summed E-state index contributed by atoms with van der Waals surface area (Å²) in [4.78, 5) is 8.38. The van der Waals surface area contributed by atoms with E-state index in [2.05, 4.69) is 65.1 Å². The zero-order valence-corrected chi connectivity index (χ0v) is 24.0. The van der Waals surface area contributed by atoms with Crippen LogP contribution in [0.25, 0.3) is 21.8 Å². The molecule has 6 nitrogen and oxygen atoms in total. The normalized spacial score (nSPS) is 14.3. The van der Waals surface area contributed by atoms with Crippen molar-refractivity contribution in [1.82, 2.24) is 15.3 Å². The van der Waals surface area contributed by atoms with Gasteiger partial charge in [-0.3, -0.25) is 4.98 Å². The van der Waals surface area contributed by atoms with Crippen LogP contribution in [0.5, 0.6) is 5.75 Å². The number of methoxy groups -OCH3 is 1.